The summed E-state index contributed by atoms with van der Waals surface area (Å²) < 4.78 is 2.43. The van der Waals surface area contributed by atoms with Gasteiger partial charge in [-0.05, 0) is 118 Å². The Morgan fingerprint density at radius 1 is 0.246 bits per heavy atom. The number of para-hydroxylation sites is 2. The molecule has 0 radical (unpaired) electrons. The number of benzene rings is 11. The molecule has 0 atom stereocenters. The third kappa shape index (κ3) is 4.89. The molecule has 0 saturated heterocycles. The van der Waals surface area contributed by atoms with Gasteiger partial charge in [0, 0.05) is 16.2 Å². The Morgan fingerprint density at radius 2 is 0.632 bits per heavy atom. The van der Waals surface area contributed by atoms with Crippen LogP contribution in [-0.2, 0) is 0 Å². The van der Waals surface area contributed by atoms with Crippen LogP contribution >= 0.6 is 0 Å². The van der Waals surface area contributed by atoms with Crippen molar-refractivity contribution in [1.82, 2.24) is 4.57 Å². The highest BCUT2D eigenvalue weighted by Crippen LogP contribution is 2.45. The Kier molecular flexibility index (Phi) is 7.00. The number of nitrogens with zero attached hydrogens (tertiary/aromatic N) is 1. The predicted molar refractivity (Wildman–Crippen MR) is 245 cm³/mol. The molecule has 12 aromatic rings. The molecule has 0 bridgehead atoms. The average molecular weight is 722 g/mol. The summed E-state index contributed by atoms with van der Waals surface area (Å²) in [7, 11) is 0. The van der Waals surface area contributed by atoms with Crippen LogP contribution in [0.25, 0.3) is 115 Å². The standard InChI is InChI=1S/C56H35N/c1-2-14-37-34-41(29-25-36(37)13-1)55-48-19-5-7-21-50(48)56(51-22-8-6-20-49(51)55)42-30-27-38-33-40(28-26-39(38)35-42)43-31-32-54(45-16-4-3-15-44(43)45)57-52-23-11-9-17-46(52)47-18-10-12-24-53(47)57/h1-35H. The molecule has 0 spiro atoms. The molecule has 1 heterocycles. The van der Waals surface area contributed by atoms with Crippen molar-refractivity contribution in [1.29, 1.82) is 0 Å². The molecule has 1 heteroatoms. The topological polar surface area (TPSA) is 4.93 Å². The summed E-state index contributed by atoms with van der Waals surface area (Å²) in [6.45, 7) is 0. The van der Waals surface area contributed by atoms with Crippen LogP contribution in [-0.4, -0.2) is 4.57 Å². The Bertz CT molecular complexity index is 3470. The molecule has 1 aromatic heterocycles. The fourth-order valence-corrected chi connectivity index (χ4v) is 9.58. The Morgan fingerprint density at radius 3 is 1.19 bits per heavy atom. The van der Waals surface area contributed by atoms with Crippen molar-refractivity contribution in [2.45, 2.75) is 0 Å². The van der Waals surface area contributed by atoms with E-state index < -0.39 is 0 Å². The molecule has 0 aliphatic heterocycles. The maximum absolute atomic E-state index is 2.43. The van der Waals surface area contributed by atoms with Crippen LogP contribution in [0.15, 0.2) is 212 Å². The molecule has 0 aliphatic carbocycles. The van der Waals surface area contributed by atoms with E-state index in [0.717, 1.165) is 0 Å². The zero-order valence-corrected chi connectivity index (χ0v) is 31.2. The van der Waals surface area contributed by atoms with Crippen LogP contribution in [0, 0.1) is 0 Å². The van der Waals surface area contributed by atoms with Crippen LogP contribution in [0.1, 0.15) is 0 Å². The van der Waals surface area contributed by atoms with Gasteiger partial charge in [-0.2, -0.15) is 0 Å². The minimum Gasteiger partial charge on any atom is -0.309 e. The first-order valence-corrected chi connectivity index (χ1v) is 19.8. The number of hydrogen-bond donors (Lipinski definition) is 0. The normalized spacial score (nSPS) is 11.9. The van der Waals surface area contributed by atoms with Crippen molar-refractivity contribution in [3.8, 4) is 39.1 Å². The van der Waals surface area contributed by atoms with Crippen molar-refractivity contribution < 1.29 is 0 Å². The molecule has 0 aliphatic rings. The number of aromatic nitrogens is 1. The summed E-state index contributed by atoms with van der Waals surface area (Å²) in [6, 6.07) is 78.3. The summed E-state index contributed by atoms with van der Waals surface area (Å²) in [5.41, 5.74) is 11.1. The fraction of sp³-hybridized carbons (Fsp3) is 0. The van der Waals surface area contributed by atoms with Gasteiger partial charge in [-0.1, -0.05) is 176 Å². The Labute approximate surface area is 330 Å². The van der Waals surface area contributed by atoms with E-state index in [4.69, 9.17) is 0 Å². The maximum Gasteiger partial charge on any atom is 0.0541 e. The van der Waals surface area contributed by atoms with E-state index in [-0.39, 0.29) is 0 Å². The third-order valence-corrected chi connectivity index (χ3v) is 12.1. The smallest absolute Gasteiger partial charge is 0.0541 e. The van der Waals surface area contributed by atoms with Gasteiger partial charge in [0.1, 0.15) is 0 Å². The van der Waals surface area contributed by atoms with Crippen molar-refractivity contribution in [2.75, 3.05) is 0 Å². The lowest BCUT2D eigenvalue weighted by Crippen LogP contribution is -1.96. The van der Waals surface area contributed by atoms with Crippen LogP contribution in [0.2, 0.25) is 0 Å². The minimum absolute atomic E-state index is 1.20. The lowest BCUT2D eigenvalue weighted by Gasteiger charge is -2.18. The Hall–Kier alpha value is -7.48. The average Bonchev–Trinajstić information content (AvgIpc) is 3.61. The summed E-state index contributed by atoms with van der Waals surface area (Å²) in [5, 5.41) is 15.1. The highest BCUT2D eigenvalue weighted by molar-refractivity contribution is 6.22. The first kappa shape index (κ1) is 31.8. The Balaban J connectivity index is 1.00. The SMILES string of the molecule is c1ccc2cc(-c3c4ccccc4c(-c4ccc5cc(-c6ccc(-n7c8ccccc8c8ccccc87)c7ccccc67)ccc5c4)c4ccccc34)ccc2c1. The number of hydrogen-bond acceptors (Lipinski definition) is 0. The van der Waals surface area contributed by atoms with Crippen molar-refractivity contribution in [3.63, 3.8) is 0 Å². The molecule has 0 N–H and O–H groups in total. The third-order valence-electron chi connectivity index (χ3n) is 12.1. The van der Waals surface area contributed by atoms with Crippen LogP contribution in [0.3, 0.4) is 0 Å². The van der Waals surface area contributed by atoms with Gasteiger partial charge >= 0.3 is 0 Å². The second-order valence-electron chi connectivity index (χ2n) is 15.2. The molecule has 0 amide bonds. The van der Waals surface area contributed by atoms with E-state index in [0.29, 0.717) is 0 Å². The summed E-state index contributed by atoms with van der Waals surface area (Å²) >= 11 is 0. The molecule has 12 rings (SSSR count). The highest BCUT2D eigenvalue weighted by Gasteiger charge is 2.18. The monoisotopic (exact) mass is 721 g/mol. The molecule has 1 nitrogen and oxygen atoms in total. The fourth-order valence-electron chi connectivity index (χ4n) is 9.58. The molecule has 57 heavy (non-hydrogen) atoms. The molecule has 0 fully saturated rings. The summed E-state index contributed by atoms with van der Waals surface area (Å²) in [5.74, 6) is 0. The van der Waals surface area contributed by atoms with Gasteiger partial charge in [-0.25, -0.2) is 0 Å². The van der Waals surface area contributed by atoms with E-state index in [1.54, 1.807) is 0 Å². The maximum atomic E-state index is 2.43. The zero-order chi connectivity index (χ0) is 37.5. The van der Waals surface area contributed by atoms with E-state index in [9.17, 15) is 0 Å². The van der Waals surface area contributed by atoms with E-state index >= 15 is 0 Å². The summed E-state index contributed by atoms with van der Waals surface area (Å²) in [4.78, 5) is 0. The second kappa shape index (κ2) is 12.5. The van der Waals surface area contributed by atoms with Gasteiger partial charge in [-0.3, -0.25) is 0 Å². The van der Waals surface area contributed by atoms with Gasteiger partial charge in [-0.15, -0.1) is 0 Å². The lowest BCUT2D eigenvalue weighted by atomic mass is 9.85. The molecular weight excluding hydrogens is 687 g/mol. The number of rotatable bonds is 4. The van der Waals surface area contributed by atoms with Crippen molar-refractivity contribution in [3.05, 3.63) is 212 Å². The number of fused-ring (bicyclic) bond motifs is 8. The van der Waals surface area contributed by atoms with E-state index in [1.165, 1.54) is 115 Å². The van der Waals surface area contributed by atoms with Gasteiger partial charge in [0.05, 0.1) is 16.7 Å². The van der Waals surface area contributed by atoms with Crippen LogP contribution in [0.4, 0.5) is 0 Å². The molecule has 11 aromatic carbocycles. The van der Waals surface area contributed by atoms with Crippen LogP contribution < -0.4 is 0 Å². The summed E-state index contributed by atoms with van der Waals surface area (Å²) in [6.07, 6.45) is 0. The van der Waals surface area contributed by atoms with Gasteiger partial charge in [0.2, 0.25) is 0 Å². The predicted octanol–water partition coefficient (Wildman–Crippen LogP) is 15.6. The lowest BCUT2D eigenvalue weighted by molar-refractivity contribution is 1.20. The molecule has 0 saturated carbocycles. The van der Waals surface area contributed by atoms with Gasteiger partial charge < -0.3 is 4.57 Å². The minimum atomic E-state index is 1.20. The first-order valence-electron chi connectivity index (χ1n) is 19.8. The zero-order valence-electron chi connectivity index (χ0n) is 31.2. The van der Waals surface area contributed by atoms with Gasteiger partial charge in [0.25, 0.3) is 0 Å². The first-order chi connectivity index (χ1) is 28.3. The molecular formula is C56H35N. The van der Waals surface area contributed by atoms with E-state index in [1.807, 2.05) is 0 Å². The molecule has 0 unspecified atom stereocenters. The quantitative estimate of drug-likeness (QED) is 0.160. The largest absolute Gasteiger partial charge is 0.309 e. The van der Waals surface area contributed by atoms with Crippen molar-refractivity contribution in [2.24, 2.45) is 0 Å². The van der Waals surface area contributed by atoms with Gasteiger partial charge in [0.15, 0.2) is 0 Å². The van der Waals surface area contributed by atoms with E-state index in [2.05, 4.69) is 217 Å². The highest BCUT2D eigenvalue weighted by atomic mass is 15.0. The van der Waals surface area contributed by atoms with Crippen LogP contribution in [0.5, 0.6) is 0 Å². The van der Waals surface area contributed by atoms with Crippen molar-refractivity contribution >= 4 is 75.7 Å². The second-order valence-corrected chi connectivity index (χ2v) is 15.2. The molecule has 264 valence electrons.